The Bertz CT molecular complexity index is 316. The third-order valence-corrected chi connectivity index (χ3v) is 3.56. The maximum Gasteiger partial charge on any atom is 0.289 e. The number of benzene rings is 1. The second-order valence-electron chi connectivity index (χ2n) is 3.44. The maximum atomic E-state index is 13.8. The average Bonchev–Trinajstić information content (AvgIpc) is 2.29. The van der Waals surface area contributed by atoms with E-state index in [0.29, 0.717) is 5.56 Å². The molecule has 0 saturated heterocycles. The first-order valence-electron chi connectivity index (χ1n) is 4.52. The third kappa shape index (κ3) is 2.30. The molecule has 0 aliphatic rings. The Kier molecular flexibility index (Phi) is 4.06. The van der Waals surface area contributed by atoms with Crippen molar-refractivity contribution >= 4 is 22.6 Å². The maximum absolute atomic E-state index is 13.8. The fourth-order valence-corrected chi connectivity index (χ4v) is 2.09. The van der Waals surface area contributed by atoms with Crippen LogP contribution in [0.15, 0.2) is 30.3 Å². The van der Waals surface area contributed by atoms with Gasteiger partial charge in [-0.25, -0.2) is 8.78 Å². The van der Waals surface area contributed by atoms with E-state index in [9.17, 15) is 8.78 Å². The van der Waals surface area contributed by atoms with Crippen molar-refractivity contribution in [1.29, 1.82) is 0 Å². The van der Waals surface area contributed by atoms with Crippen molar-refractivity contribution in [3.8, 4) is 0 Å². The molecule has 1 unspecified atom stereocenters. The lowest BCUT2D eigenvalue weighted by molar-refractivity contribution is -0.178. The van der Waals surface area contributed by atoms with Crippen LogP contribution in [0.5, 0.6) is 0 Å². The molecule has 0 aromatic heterocycles. The summed E-state index contributed by atoms with van der Waals surface area (Å²) in [5, 5.41) is 0. The highest BCUT2D eigenvalue weighted by Gasteiger charge is 2.50. The number of hydrogen-bond acceptors (Lipinski definition) is 1. The number of methoxy groups -OCH3 is 1. The molecule has 84 valence electrons. The summed E-state index contributed by atoms with van der Waals surface area (Å²) in [6, 6.07) is 8.57. The van der Waals surface area contributed by atoms with Crippen molar-refractivity contribution in [2.24, 2.45) is 0 Å². The van der Waals surface area contributed by atoms with Gasteiger partial charge in [-0.3, -0.25) is 0 Å². The lowest BCUT2D eigenvalue weighted by Crippen LogP contribution is -2.45. The quantitative estimate of drug-likeness (QED) is 0.607. The van der Waals surface area contributed by atoms with Crippen molar-refractivity contribution in [2.45, 2.75) is 18.4 Å². The van der Waals surface area contributed by atoms with Crippen molar-refractivity contribution in [3.63, 3.8) is 0 Å². The molecule has 0 radical (unpaired) electrons. The summed E-state index contributed by atoms with van der Waals surface area (Å²) in [6.07, 6.45) is 0. The van der Waals surface area contributed by atoms with Crippen LogP contribution in [0.3, 0.4) is 0 Å². The third-order valence-electron chi connectivity index (χ3n) is 2.60. The fraction of sp³-hybridized carbons (Fsp3) is 0.455. The van der Waals surface area contributed by atoms with Gasteiger partial charge in [0, 0.05) is 7.11 Å². The minimum Gasteiger partial charge on any atom is -0.367 e. The lowest BCUT2D eigenvalue weighted by atomic mass is 9.90. The zero-order valence-electron chi connectivity index (χ0n) is 8.64. The van der Waals surface area contributed by atoms with E-state index in [1.807, 2.05) is 0 Å². The van der Waals surface area contributed by atoms with E-state index >= 15 is 0 Å². The van der Waals surface area contributed by atoms with Crippen molar-refractivity contribution in [1.82, 2.24) is 0 Å². The van der Waals surface area contributed by atoms with Crippen LogP contribution in [0.1, 0.15) is 12.5 Å². The Morgan fingerprint density at radius 2 is 1.80 bits per heavy atom. The van der Waals surface area contributed by atoms with E-state index in [1.54, 1.807) is 52.9 Å². The molecular weight excluding hydrogens is 313 g/mol. The van der Waals surface area contributed by atoms with Gasteiger partial charge in [-0.05, 0) is 12.5 Å². The van der Waals surface area contributed by atoms with Crippen LogP contribution in [0, 0.1) is 0 Å². The predicted octanol–water partition coefficient (Wildman–Crippen LogP) is 3.62. The molecule has 15 heavy (non-hydrogen) atoms. The summed E-state index contributed by atoms with van der Waals surface area (Å²) in [7, 11) is 1.31. The topological polar surface area (TPSA) is 9.23 Å². The fourth-order valence-electron chi connectivity index (χ4n) is 1.36. The molecule has 1 atom stereocenters. The van der Waals surface area contributed by atoms with E-state index in [1.165, 1.54) is 14.0 Å². The first-order valence-corrected chi connectivity index (χ1v) is 6.05. The molecule has 1 aromatic rings. The summed E-state index contributed by atoms with van der Waals surface area (Å²) in [6.45, 7) is 1.42. The van der Waals surface area contributed by atoms with Gasteiger partial charge in [0.15, 0.2) is 5.60 Å². The molecule has 1 nitrogen and oxygen atoms in total. The number of halogens is 3. The largest absolute Gasteiger partial charge is 0.367 e. The van der Waals surface area contributed by atoms with Crippen molar-refractivity contribution in [3.05, 3.63) is 35.9 Å². The van der Waals surface area contributed by atoms with E-state index in [0.717, 1.165) is 0 Å². The van der Waals surface area contributed by atoms with Gasteiger partial charge in [0.1, 0.15) is 0 Å². The molecule has 0 N–H and O–H groups in total. The Balaban J connectivity index is 3.17. The standard InChI is InChI=1S/C11H13F2IO/c1-10(15-2,11(12,13)8-14)9-6-4-3-5-7-9/h3-7H,8H2,1-2H3. The Labute approximate surface area is 102 Å². The normalized spacial score (nSPS) is 16.1. The number of ether oxygens (including phenoxy) is 1. The first-order chi connectivity index (χ1) is 6.98. The summed E-state index contributed by atoms with van der Waals surface area (Å²) >= 11 is 1.68. The minimum atomic E-state index is -2.89. The molecule has 0 fully saturated rings. The Hall–Kier alpha value is -0.230. The SMILES string of the molecule is COC(C)(c1ccccc1)C(F)(F)CI. The van der Waals surface area contributed by atoms with Crippen LogP contribution in [-0.2, 0) is 10.3 Å². The van der Waals surface area contributed by atoms with Crippen LogP contribution in [0.4, 0.5) is 8.78 Å². The van der Waals surface area contributed by atoms with E-state index < -0.39 is 11.5 Å². The van der Waals surface area contributed by atoms with Crippen LogP contribution in [-0.4, -0.2) is 17.5 Å². The number of alkyl halides is 3. The van der Waals surface area contributed by atoms with Crippen molar-refractivity contribution < 1.29 is 13.5 Å². The summed E-state index contributed by atoms with van der Waals surface area (Å²) in [4.78, 5) is 0. The molecule has 1 aromatic carbocycles. The molecule has 0 aliphatic heterocycles. The zero-order chi connectivity index (χ0) is 11.5. The molecule has 0 bridgehead atoms. The van der Waals surface area contributed by atoms with Crippen molar-refractivity contribution in [2.75, 3.05) is 11.5 Å². The second-order valence-corrected chi connectivity index (χ2v) is 4.20. The molecule has 1 rings (SSSR count). The monoisotopic (exact) mass is 326 g/mol. The molecule has 0 saturated carbocycles. The first kappa shape index (κ1) is 12.8. The smallest absolute Gasteiger partial charge is 0.289 e. The summed E-state index contributed by atoms with van der Waals surface area (Å²) < 4.78 is 32.3. The van der Waals surface area contributed by atoms with E-state index in [2.05, 4.69) is 0 Å². The highest BCUT2D eigenvalue weighted by Crippen LogP contribution is 2.41. The highest BCUT2D eigenvalue weighted by atomic mass is 127. The summed E-state index contributed by atoms with van der Waals surface area (Å²) in [5.74, 6) is -2.89. The van der Waals surface area contributed by atoms with Gasteiger partial charge < -0.3 is 4.74 Å². The van der Waals surface area contributed by atoms with Crippen LogP contribution >= 0.6 is 22.6 Å². The number of rotatable bonds is 4. The number of hydrogen-bond donors (Lipinski definition) is 0. The highest BCUT2D eigenvalue weighted by molar-refractivity contribution is 14.1. The average molecular weight is 326 g/mol. The van der Waals surface area contributed by atoms with E-state index in [4.69, 9.17) is 4.74 Å². The molecule has 0 heterocycles. The van der Waals surface area contributed by atoms with E-state index in [-0.39, 0.29) is 4.43 Å². The lowest BCUT2D eigenvalue weighted by Gasteiger charge is -2.35. The van der Waals surface area contributed by atoms with Gasteiger partial charge >= 0.3 is 0 Å². The molecule has 0 amide bonds. The predicted molar refractivity (Wildman–Crippen MR) is 64.6 cm³/mol. The Morgan fingerprint density at radius 1 is 1.27 bits per heavy atom. The zero-order valence-corrected chi connectivity index (χ0v) is 10.8. The minimum absolute atomic E-state index is 0.274. The van der Waals surface area contributed by atoms with Gasteiger partial charge in [-0.1, -0.05) is 52.9 Å². The van der Waals surface area contributed by atoms with Gasteiger partial charge in [-0.2, -0.15) is 0 Å². The van der Waals surface area contributed by atoms with Gasteiger partial charge in [-0.15, -0.1) is 0 Å². The molecule has 0 spiro atoms. The van der Waals surface area contributed by atoms with Gasteiger partial charge in [0.05, 0.1) is 4.43 Å². The molecular formula is C11H13F2IO. The van der Waals surface area contributed by atoms with Crippen LogP contribution in [0.25, 0.3) is 0 Å². The second kappa shape index (κ2) is 4.74. The Morgan fingerprint density at radius 3 is 2.20 bits per heavy atom. The molecule has 0 aliphatic carbocycles. The summed E-state index contributed by atoms with van der Waals surface area (Å²) in [5.41, 5.74) is -1.07. The van der Waals surface area contributed by atoms with Crippen LogP contribution in [0.2, 0.25) is 0 Å². The van der Waals surface area contributed by atoms with Crippen LogP contribution < -0.4 is 0 Å². The van der Waals surface area contributed by atoms with Gasteiger partial charge in [0.25, 0.3) is 5.92 Å². The molecule has 4 heteroatoms. The van der Waals surface area contributed by atoms with Gasteiger partial charge in [0.2, 0.25) is 0 Å².